The minimum absolute atomic E-state index is 0.0961. The quantitative estimate of drug-likeness (QED) is 0.835. The van der Waals surface area contributed by atoms with E-state index in [0.29, 0.717) is 17.8 Å². The van der Waals surface area contributed by atoms with Crippen LogP contribution in [0.3, 0.4) is 0 Å². The van der Waals surface area contributed by atoms with Crippen LogP contribution in [0.4, 0.5) is 5.69 Å². The summed E-state index contributed by atoms with van der Waals surface area (Å²) in [5.74, 6) is -0.0968. The molecular weight excluding hydrogens is 306 g/mol. The van der Waals surface area contributed by atoms with Crippen molar-refractivity contribution in [3.05, 3.63) is 27.7 Å². The molecule has 0 bridgehead atoms. The maximum atomic E-state index is 12.2. The molecule has 106 valence electrons. The van der Waals surface area contributed by atoms with Gasteiger partial charge in [-0.25, -0.2) is 0 Å². The van der Waals surface area contributed by atoms with E-state index in [1.54, 1.807) is 12.1 Å². The molecule has 0 saturated carbocycles. The Labute approximate surface area is 123 Å². The van der Waals surface area contributed by atoms with Crippen LogP contribution in [0.15, 0.2) is 16.6 Å². The molecule has 0 aliphatic rings. The molecule has 0 unspecified atom stereocenters. The molecule has 3 N–H and O–H groups in total. The summed E-state index contributed by atoms with van der Waals surface area (Å²) in [5, 5.41) is 2.96. The number of halogens is 1. The first-order valence-corrected chi connectivity index (χ1v) is 6.95. The highest BCUT2D eigenvalue weighted by atomic mass is 79.9. The summed E-state index contributed by atoms with van der Waals surface area (Å²) < 4.78 is 0.813. The van der Waals surface area contributed by atoms with Crippen molar-refractivity contribution in [2.24, 2.45) is 0 Å². The van der Waals surface area contributed by atoms with Gasteiger partial charge in [-0.3, -0.25) is 4.79 Å². The Morgan fingerprint density at radius 3 is 2.53 bits per heavy atom. The topological polar surface area (TPSA) is 58.4 Å². The van der Waals surface area contributed by atoms with E-state index >= 15 is 0 Å². The Bertz CT molecular complexity index is 484. The molecule has 1 aromatic carbocycles. The highest BCUT2D eigenvalue weighted by Crippen LogP contribution is 2.22. The average Bonchev–Trinajstić information content (AvgIpc) is 2.30. The minimum atomic E-state index is -0.0968. The number of nitrogens with zero attached hydrogens (tertiary/aromatic N) is 1. The van der Waals surface area contributed by atoms with Gasteiger partial charge in [-0.05, 0) is 52.6 Å². The Morgan fingerprint density at radius 2 is 2.00 bits per heavy atom. The molecule has 19 heavy (non-hydrogen) atoms. The zero-order valence-corrected chi connectivity index (χ0v) is 13.8. The highest BCUT2D eigenvalue weighted by molar-refractivity contribution is 9.10. The standard InChI is InChI=1S/C14H22BrN3O/c1-9-11(6-10(15)7-12(9)16)13(19)17-8-14(2,3)18(4)5/h6-7H,8,16H2,1-5H3,(H,17,19). The van der Waals surface area contributed by atoms with Crippen molar-refractivity contribution >= 4 is 27.5 Å². The van der Waals surface area contributed by atoms with Crippen molar-refractivity contribution < 1.29 is 4.79 Å². The van der Waals surface area contributed by atoms with Gasteiger partial charge in [-0.15, -0.1) is 0 Å². The van der Waals surface area contributed by atoms with Crippen LogP contribution < -0.4 is 11.1 Å². The van der Waals surface area contributed by atoms with E-state index in [1.807, 2.05) is 21.0 Å². The van der Waals surface area contributed by atoms with Crippen LogP contribution >= 0.6 is 15.9 Å². The maximum absolute atomic E-state index is 12.2. The zero-order valence-electron chi connectivity index (χ0n) is 12.2. The summed E-state index contributed by atoms with van der Waals surface area (Å²) in [7, 11) is 3.99. The molecule has 0 spiro atoms. The third-order valence-corrected chi connectivity index (χ3v) is 4.01. The lowest BCUT2D eigenvalue weighted by molar-refractivity contribution is 0.0919. The molecule has 0 heterocycles. The predicted molar refractivity (Wildman–Crippen MR) is 83.4 cm³/mol. The van der Waals surface area contributed by atoms with Gasteiger partial charge in [0, 0.05) is 27.8 Å². The Balaban J connectivity index is 2.86. The van der Waals surface area contributed by atoms with Crippen LogP contribution in [-0.4, -0.2) is 37.0 Å². The third-order valence-electron chi connectivity index (χ3n) is 3.55. The molecule has 1 aromatic rings. The number of rotatable bonds is 4. The molecule has 4 nitrogen and oxygen atoms in total. The number of carbonyl (C=O) groups excluding carboxylic acids is 1. The number of likely N-dealkylation sites (N-methyl/N-ethyl adjacent to an activating group) is 1. The first-order valence-electron chi connectivity index (χ1n) is 6.16. The van der Waals surface area contributed by atoms with Crippen molar-refractivity contribution in [2.45, 2.75) is 26.3 Å². The molecule has 1 rings (SSSR count). The van der Waals surface area contributed by atoms with Crippen LogP contribution in [0.25, 0.3) is 0 Å². The Morgan fingerprint density at radius 1 is 1.42 bits per heavy atom. The number of nitrogen functional groups attached to an aromatic ring is 1. The zero-order chi connectivity index (χ0) is 14.8. The average molecular weight is 328 g/mol. The summed E-state index contributed by atoms with van der Waals surface area (Å²) in [5.41, 5.74) is 7.81. The van der Waals surface area contributed by atoms with E-state index in [-0.39, 0.29) is 11.4 Å². The van der Waals surface area contributed by atoms with Crippen molar-refractivity contribution in [3.63, 3.8) is 0 Å². The van der Waals surface area contributed by atoms with Gasteiger partial charge in [0.25, 0.3) is 5.91 Å². The molecule has 0 aromatic heterocycles. The smallest absolute Gasteiger partial charge is 0.251 e. The molecule has 0 atom stereocenters. The SMILES string of the molecule is Cc1c(N)cc(Br)cc1C(=O)NCC(C)(C)N(C)C. The number of hydrogen-bond acceptors (Lipinski definition) is 3. The van der Waals surface area contributed by atoms with E-state index < -0.39 is 0 Å². The number of amides is 1. The normalized spacial score (nSPS) is 11.7. The van der Waals surface area contributed by atoms with Crippen LogP contribution in [0.5, 0.6) is 0 Å². The summed E-state index contributed by atoms with van der Waals surface area (Å²) in [6, 6.07) is 3.60. The monoisotopic (exact) mass is 327 g/mol. The number of nitrogens with two attached hydrogens (primary N) is 1. The fourth-order valence-electron chi connectivity index (χ4n) is 1.49. The molecule has 0 aliphatic carbocycles. The highest BCUT2D eigenvalue weighted by Gasteiger charge is 2.22. The second-order valence-electron chi connectivity index (χ2n) is 5.56. The summed E-state index contributed by atoms with van der Waals surface area (Å²) in [6.45, 7) is 6.59. The lowest BCUT2D eigenvalue weighted by Crippen LogP contribution is -2.48. The Hall–Kier alpha value is -1.07. The van der Waals surface area contributed by atoms with Crippen molar-refractivity contribution in [2.75, 3.05) is 26.4 Å². The molecule has 5 heteroatoms. The van der Waals surface area contributed by atoms with E-state index in [4.69, 9.17) is 5.73 Å². The van der Waals surface area contributed by atoms with Crippen molar-refractivity contribution in [1.82, 2.24) is 10.2 Å². The second kappa shape index (κ2) is 5.92. The van der Waals surface area contributed by atoms with E-state index in [2.05, 4.69) is 40.0 Å². The van der Waals surface area contributed by atoms with E-state index in [0.717, 1.165) is 10.0 Å². The van der Waals surface area contributed by atoms with Gasteiger partial charge in [0.2, 0.25) is 0 Å². The summed E-state index contributed by atoms with van der Waals surface area (Å²) in [4.78, 5) is 14.3. The second-order valence-corrected chi connectivity index (χ2v) is 6.47. The summed E-state index contributed by atoms with van der Waals surface area (Å²) >= 11 is 3.36. The molecule has 0 radical (unpaired) electrons. The maximum Gasteiger partial charge on any atom is 0.251 e. The van der Waals surface area contributed by atoms with Gasteiger partial charge < -0.3 is 16.0 Å². The van der Waals surface area contributed by atoms with Crippen molar-refractivity contribution in [1.29, 1.82) is 0 Å². The number of carbonyl (C=O) groups is 1. The largest absolute Gasteiger partial charge is 0.398 e. The van der Waals surface area contributed by atoms with E-state index in [9.17, 15) is 4.79 Å². The van der Waals surface area contributed by atoms with Crippen LogP contribution in [0.2, 0.25) is 0 Å². The minimum Gasteiger partial charge on any atom is -0.398 e. The lowest BCUT2D eigenvalue weighted by Gasteiger charge is -2.32. The van der Waals surface area contributed by atoms with Crippen molar-refractivity contribution in [3.8, 4) is 0 Å². The van der Waals surface area contributed by atoms with Gasteiger partial charge in [0.05, 0.1) is 0 Å². The predicted octanol–water partition coefficient (Wildman–Crippen LogP) is 2.41. The van der Waals surface area contributed by atoms with Crippen LogP contribution in [0.1, 0.15) is 29.8 Å². The van der Waals surface area contributed by atoms with Gasteiger partial charge >= 0.3 is 0 Å². The fraction of sp³-hybridized carbons (Fsp3) is 0.500. The van der Waals surface area contributed by atoms with Gasteiger partial charge in [0.1, 0.15) is 0 Å². The first kappa shape index (κ1) is 16.0. The molecule has 0 aliphatic heterocycles. The molecule has 1 amide bonds. The molecule has 0 fully saturated rings. The van der Waals surface area contributed by atoms with Gasteiger partial charge in [-0.2, -0.15) is 0 Å². The van der Waals surface area contributed by atoms with E-state index in [1.165, 1.54) is 0 Å². The number of benzene rings is 1. The fourth-order valence-corrected chi connectivity index (χ4v) is 1.96. The first-order chi connectivity index (χ1) is 8.65. The molecular formula is C14H22BrN3O. The Kier molecular flexibility index (Phi) is 4.98. The molecule has 0 saturated heterocycles. The third kappa shape index (κ3) is 3.94. The van der Waals surface area contributed by atoms with Gasteiger partial charge in [-0.1, -0.05) is 15.9 Å². The summed E-state index contributed by atoms with van der Waals surface area (Å²) in [6.07, 6.45) is 0. The van der Waals surface area contributed by atoms with Crippen LogP contribution in [-0.2, 0) is 0 Å². The number of nitrogens with one attached hydrogen (secondary N) is 1. The number of hydrogen-bond donors (Lipinski definition) is 2. The number of anilines is 1. The van der Waals surface area contributed by atoms with Gasteiger partial charge in [0.15, 0.2) is 0 Å². The van der Waals surface area contributed by atoms with Crippen LogP contribution in [0, 0.1) is 6.92 Å². The lowest BCUT2D eigenvalue weighted by atomic mass is 10.0.